The quantitative estimate of drug-likeness (QED) is 0.838. The summed E-state index contributed by atoms with van der Waals surface area (Å²) in [4.78, 5) is 12.8. The van der Waals surface area contributed by atoms with Crippen molar-refractivity contribution < 1.29 is 14.3 Å². The molecule has 1 aromatic rings. The van der Waals surface area contributed by atoms with Gasteiger partial charge in [0, 0.05) is 17.3 Å². The van der Waals surface area contributed by atoms with Crippen LogP contribution in [0.2, 0.25) is 0 Å². The van der Waals surface area contributed by atoms with Crippen molar-refractivity contribution in [2.24, 2.45) is 5.73 Å². The molecule has 0 bridgehead atoms. The smallest absolute Gasteiger partial charge is 0.236 e. The van der Waals surface area contributed by atoms with Crippen LogP contribution in [0.15, 0.2) is 18.2 Å². The number of benzene rings is 1. The second-order valence-electron chi connectivity index (χ2n) is 4.54. The number of aliphatic hydroxyl groups excluding tert-OH is 1. The molecule has 0 spiro atoms. The van der Waals surface area contributed by atoms with Crippen molar-refractivity contribution >= 4 is 11.6 Å². The summed E-state index contributed by atoms with van der Waals surface area (Å²) in [6.45, 7) is 5.23. The number of amides is 1. The topological polar surface area (TPSA) is 66.6 Å². The van der Waals surface area contributed by atoms with Gasteiger partial charge in [0.2, 0.25) is 5.91 Å². The zero-order valence-electron chi connectivity index (χ0n) is 10.9. The zero-order chi connectivity index (χ0) is 13.9. The maximum absolute atomic E-state index is 13.8. The number of halogens is 1. The van der Waals surface area contributed by atoms with Crippen LogP contribution >= 0.6 is 0 Å². The molecule has 1 aromatic carbocycles. The average molecular weight is 254 g/mol. The summed E-state index contributed by atoms with van der Waals surface area (Å²) in [6.07, 6.45) is -0.949. The third kappa shape index (κ3) is 3.20. The molecule has 1 atom stereocenters. The molecule has 0 aliphatic rings. The molecule has 1 rings (SSSR count). The first-order valence-electron chi connectivity index (χ1n) is 5.86. The molecule has 1 amide bonds. The Morgan fingerprint density at radius 1 is 1.44 bits per heavy atom. The number of nitrogens with zero attached hydrogens (tertiary/aromatic N) is 1. The number of aliphatic hydroxyl groups is 1. The van der Waals surface area contributed by atoms with E-state index in [1.54, 1.807) is 17.0 Å². The van der Waals surface area contributed by atoms with Crippen molar-refractivity contribution in [3.63, 3.8) is 0 Å². The number of carbonyl (C=O) groups is 1. The summed E-state index contributed by atoms with van der Waals surface area (Å²) >= 11 is 0. The van der Waals surface area contributed by atoms with Crippen LogP contribution in [0.25, 0.3) is 0 Å². The Morgan fingerprint density at radius 3 is 2.50 bits per heavy atom. The summed E-state index contributed by atoms with van der Waals surface area (Å²) in [7, 11) is 0. The van der Waals surface area contributed by atoms with E-state index >= 15 is 0 Å². The molecule has 4 nitrogen and oxygen atoms in total. The van der Waals surface area contributed by atoms with Gasteiger partial charge in [-0.15, -0.1) is 0 Å². The van der Waals surface area contributed by atoms with E-state index in [1.807, 2.05) is 13.8 Å². The van der Waals surface area contributed by atoms with E-state index in [2.05, 4.69) is 0 Å². The lowest BCUT2D eigenvalue weighted by Gasteiger charge is -2.30. The van der Waals surface area contributed by atoms with E-state index in [9.17, 15) is 14.3 Å². The Kier molecular flexibility index (Phi) is 4.67. The van der Waals surface area contributed by atoms with Crippen LogP contribution in [-0.4, -0.2) is 23.6 Å². The minimum atomic E-state index is -0.949. The molecule has 0 radical (unpaired) electrons. The Balaban J connectivity index is 3.27. The van der Waals surface area contributed by atoms with Crippen molar-refractivity contribution in [3.05, 3.63) is 29.6 Å². The van der Waals surface area contributed by atoms with Crippen molar-refractivity contribution in [1.82, 2.24) is 0 Å². The average Bonchev–Trinajstić information content (AvgIpc) is 2.24. The van der Waals surface area contributed by atoms with Gasteiger partial charge in [-0.05, 0) is 32.9 Å². The summed E-state index contributed by atoms with van der Waals surface area (Å²) < 4.78 is 13.8. The van der Waals surface area contributed by atoms with Crippen molar-refractivity contribution in [3.8, 4) is 0 Å². The van der Waals surface area contributed by atoms with Gasteiger partial charge in [0.15, 0.2) is 0 Å². The number of carbonyl (C=O) groups excluding carboxylic acids is 1. The Bertz CT molecular complexity index is 433. The van der Waals surface area contributed by atoms with E-state index in [-0.39, 0.29) is 18.2 Å². The van der Waals surface area contributed by atoms with E-state index in [0.29, 0.717) is 5.69 Å². The first-order chi connectivity index (χ1) is 8.34. The monoisotopic (exact) mass is 254 g/mol. The van der Waals surface area contributed by atoms with Gasteiger partial charge in [0.25, 0.3) is 0 Å². The van der Waals surface area contributed by atoms with E-state index in [0.717, 1.165) is 0 Å². The van der Waals surface area contributed by atoms with Crippen LogP contribution in [0.1, 0.15) is 32.4 Å². The predicted molar refractivity (Wildman–Crippen MR) is 68.7 cm³/mol. The largest absolute Gasteiger partial charge is 0.389 e. The second-order valence-corrected chi connectivity index (χ2v) is 4.54. The van der Waals surface area contributed by atoms with Crippen LogP contribution in [-0.2, 0) is 4.79 Å². The lowest BCUT2D eigenvalue weighted by atomic mass is 10.1. The minimum Gasteiger partial charge on any atom is -0.389 e. The summed E-state index contributed by atoms with van der Waals surface area (Å²) in [5.41, 5.74) is 5.88. The van der Waals surface area contributed by atoms with Crippen molar-refractivity contribution in [2.45, 2.75) is 32.9 Å². The number of rotatable bonds is 5. The van der Waals surface area contributed by atoms with Gasteiger partial charge < -0.3 is 15.7 Å². The third-order valence-electron chi connectivity index (χ3n) is 2.71. The first-order valence-corrected chi connectivity index (χ1v) is 5.86. The Labute approximate surface area is 106 Å². The first kappa shape index (κ1) is 14.4. The molecule has 5 heteroatoms. The van der Waals surface area contributed by atoms with E-state index in [1.165, 1.54) is 13.0 Å². The molecular formula is C13H19FN2O2. The van der Waals surface area contributed by atoms with Gasteiger partial charge in [-0.1, -0.05) is 6.07 Å². The molecule has 0 heterocycles. The van der Waals surface area contributed by atoms with Crippen LogP contribution < -0.4 is 10.6 Å². The number of nitrogens with two attached hydrogens (primary N) is 1. The maximum atomic E-state index is 13.8. The third-order valence-corrected chi connectivity index (χ3v) is 2.71. The number of anilines is 1. The normalized spacial score (nSPS) is 12.6. The van der Waals surface area contributed by atoms with Gasteiger partial charge in [0.1, 0.15) is 5.82 Å². The summed E-state index contributed by atoms with van der Waals surface area (Å²) in [5, 5.41) is 9.67. The molecular weight excluding hydrogens is 235 g/mol. The van der Waals surface area contributed by atoms with E-state index in [4.69, 9.17) is 5.73 Å². The van der Waals surface area contributed by atoms with Gasteiger partial charge in [0.05, 0.1) is 12.6 Å². The van der Waals surface area contributed by atoms with Crippen molar-refractivity contribution in [2.75, 3.05) is 11.4 Å². The number of primary amides is 1. The molecule has 18 heavy (non-hydrogen) atoms. The molecule has 0 aliphatic carbocycles. The lowest BCUT2D eigenvalue weighted by molar-refractivity contribution is -0.116. The maximum Gasteiger partial charge on any atom is 0.236 e. The van der Waals surface area contributed by atoms with Gasteiger partial charge in [-0.25, -0.2) is 4.39 Å². The highest BCUT2D eigenvalue weighted by atomic mass is 19.1. The van der Waals surface area contributed by atoms with Crippen LogP contribution in [0, 0.1) is 5.82 Å². The fraction of sp³-hybridized carbons (Fsp3) is 0.462. The Morgan fingerprint density at radius 2 is 2.06 bits per heavy atom. The zero-order valence-corrected chi connectivity index (χ0v) is 10.9. The highest BCUT2D eigenvalue weighted by molar-refractivity contribution is 5.80. The van der Waals surface area contributed by atoms with Gasteiger partial charge >= 0.3 is 0 Å². The van der Waals surface area contributed by atoms with Crippen LogP contribution in [0.3, 0.4) is 0 Å². The summed E-state index contributed by atoms with van der Waals surface area (Å²) in [6, 6.07) is 4.48. The summed E-state index contributed by atoms with van der Waals surface area (Å²) in [5.74, 6) is -0.984. The molecule has 0 unspecified atom stereocenters. The molecule has 3 N–H and O–H groups in total. The second kappa shape index (κ2) is 5.82. The highest BCUT2D eigenvalue weighted by Crippen LogP contribution is 2.29. The molecule has 0 aliphatic heterocycles. The standard InChI is InChI=1S/C13H19FN2O2/c1-8(2)16(7-12(15)18)11-6-4-5-10(14)13(11)9(3)17/h4-6,8-9,17H,7H2,1-3H3,(H2,15,18)/t9-/m1/s1. The molecule has 0 saturated carbocycles. The predicted octanol–water partition coefficient (Wildman–Crippen LogP) is 1.58. The molecule has 0 saturated heterocycles. The van der Waals surface area contributed by atoms with Crippen LogP contribution in [0.5, 0.6) is 0 Å². The van der Waals surface area contributed by atoms with Crippen molar-refractivity contribution in [1.29, 1.82) is 0 Å². The fourth-order valence-electron chi connectivity index (χ4n) is 1.90. The molecule has 0 fully saturated rings. The van der Waals surface area contributed by atoms with E-state index < -0.39 is 17.8 Å². The fourth-order valence-corrected chi connectivity index (χ4v) is 1.90. The van der Waals surface area contributed by atoms with Gasteiger partial charge in [-0.2, -0.15) is 0 Å². The van der Waals surface area contributed by atoms with Crippen LogP contribution in [0.4, 0.5) is 10.1 Å². The highest BCUT2D eigenvalue weighted by Gasteiger charge is 2.21. The van der Waals surface area contributed by atoms with Gasteiger partial charge in [-0.3, -0.25) is 4.79 Å². The lowest BCUT2D eigenvalue weighted by Crippen LogP contribution is -2.39. The molecule has 100 valence electrons. The SMILES string of the molecule is CC(C)N(CC(N)=O)c1cccc(F)c1[C@@H](C)O. The number of hydrogen-bond acceptors (Lipinski definition) is 3. The minimum absolute atomic E-state index is 0.0131. The molecule has 0 aromatic heterocycles. The Hall–Kier alpha value is -1.62. The number of hydrogen-bond donors (Lipinski definition) is 2.